The van der Waals surface area contributed by atoms with Crippen molar-refractivity contribution in [3.63, 3.8) is 0 Å². The van der Waals surface area contributed by atoms with Gasteiger partial charge in [-0.15, -0.1) is 0 Å². The normalized spacial score (nSPS) is 12.1. The lowest BCUT2D eigenvalue weighted by Crippen LogP contribution is -2.18. The first kappa shape index (κ1) is 18.4. The van der Waals surface area contributed by atoms with E-state index in [1.54, 1.807) is 35.2 Å². The van der Waals surface area contributed by atoms with E-state index in [1.807, 2.05) is 12.1 Å². The molecule has 0 spiro atoms. The van der Waals surface area contributed by atoms with Crippen molar-refractivity contribution in [1.82, 2.24) is 4.57 Å². The van der Waals surface area contributed by atoms with Crippen molar-refractivity contribution in [3.05, 3.63) is 62.4 Å². The molecule has 130 valence electrons. The van der Waals surface area contributed by atoms with Crippen LogP contribution in [0.25, 0.3) is 10.2 Å². The Balaban J connectivity index is 2.15. The minimum absolute atomic E-state index is 0.202. The highest BCUT2D eigenvalue weighted by Gasteiger charge is 2.11. The van der Waals surface area contributed by atoms with Crippen LogP contribution >= 0.6 is 39.0 Å². The number of rotatable bonds is 4. The summed E-state index contributed by atoms with van der Waals surface area (Å²) in [6.45, 7) is 5.06. The van der Waals surface area contributed by atoms with Gasteiger partial charge in [-0.2, -0.15) is 16.8 Å². The van der Waals surface area contributed by atoms with Gasteiger partial charge in [-0.1, -0.05) is 33.3 Å². The fourth-order valence-electron chi connectivity index (χ4n) is 2.74. The number of amides is 1. The number of nitrogens with zero attached hydrogens (tertiary/aromatic N) is 2. The Hall–Kier alpha value is -1.37. The molecule has 6 heteroatoms. The number of hydrogen-bond donors (Lipinski definition) is 0. The van der Waals surface area contributed by atoms with E-state index in [0.717, 1.165) is 21.6 Å². The van der Waals surface area contributed by atoms with Gasteiger partial charge in [-0.3, -0.25) is 4.79 Å². The van der Waals surface area contributed by atoms with Crippen LogP contribution in [-0.2, 0) is 6.54 Å². The van der Waals surface area contributed by atoms with Crippen LogP contribution in [0.4, 0.5) is 0 Å². The number of hydrogen-bond acceptors (Lipinski definition) is 3. The van der Waals surface area contributed by atoms with Crippen molar-refractivity contribution in [2.24, 2.45) is 4.99 Å². The highest BCUT2D eigenvalue weighted by Crippen LogP contribution is 2.24. The van der Waals surface area contributed by atoms with Crippen LogP contribution < -0.4 is 4.80 Å². The summed E-state index contributed by atoms with van der Waals surface area (Å²) in [6.07, 6.45) is 2.09. The molecule has 0 atom stereocenters. The molecule has 3 aromatic rings. The average Bonchev–Trinajstić information content (AvgIpc) is 2.91. The summed E-state index contributed by atoms with van der Waals surface area (Å²) in [4.78, 5) is 17.8. The molecule has 0 saturated carbocycles. The molecule has 2 aromatic carbocycles. The lowest BCUT2D eigenvalue weighted by Gasteiger charge is -2.05. The molecule has 0 unspecified atom stereocenters. The maximum absolute atomic E-state index is 12.6. The summed E-state index contributed by atoms with van der Waals surface area (Å²) in [5.74, 6) is 0.782. The summed E-state index contributed by atoms with van der Waals surface area (Å²) in [5.41, 5.74) is 4.23. The van der Waals surface area contributed by atoms with E-state index in [1.165, 1.54) is 21.3 Å². The second-order valence-corrected chi connectivity index (χ2v) is 8.76. The molecule has 1 amide bonds. The summed E-state index contributed by atoms with van der Waals surface area (Å²) in [5, 5.41) is 0. The number of aromatic nitrogens is 1. The highest BCUT2D eigenvalue weighted by molar-refractivity contribution is 9.10. The topological polar surface area (TPSA) is 34.4 Å². The van der Waals surface area contributed by atoms with Crippen molar-refractivity contribution in [3.8, 4) is 0 Å². The van der Waals surface area contributed by atoms with Gasteiger partial charge in [0.25, 0.3) is 5.91 Å². The molecule has 0 radical (unpaired) electrons. The molecule has 1 heterocycles. The quantitative estimate of drug-likeness (QED) is 0.566. The van der Waals surface area contributed by atoms with Crippen LogP contribution in [0.15, 0.2) is 45.9 Å². The number of benzene rings is 2. The van der Waals surface area contributed by atoms with Crippen LogP contribution in [-0.4, -0.2) is 22.5 Å². The number of aryl methyl sites for hydroxylation is 3. The van der Waals surface area contributed by atoms with Crippen molar-refractivity contribution < 1.29 is 4.79 Å². The maximum Gasteiger partial charge on any atom is 0.279 e. The number of thiazole rings is 1. The third-order valence-electron chi connectivity index (χ3n) is 3.92. The highest BCUT2D eigenvalue weighted by atomic mass is 79.9. The third-order valence-corrected chi connectivity index (χ3v) is 6.27. The Morgan fingerprint density at radius 1 is 1.24 bits per heavy atom. The lowest BCUT2D eigenvalue weighted by molar-refractivity contribution is 0.0998. The first-order valence-electron chi connectivity index (χ1n) is 7.94. The van der Waals surface area contributed by atoms with Crippen LogP contribution in [0.2, 0.25) is 0 Å². The van der Waals surface area contributed by atoms with Gasteiger partial charge in [0.15, 0.2) is 4.80 Å². The molecule has 0 aliphatic heterocycles. The van der Waals surface area contributed by atoms with Gasteiger partial charge in [0.1, 0.15) is 0 Å². The number of thioether (sulfide) groups is 1. The van der Waals surface area contributed by atoms with Gasteiger partial charge in [-0.25, -0.2) is 0 Å². The van der Waals surface area contributed by atoms with E-state index in [9.17, 15) is 4.79 Å². The maximum atomic E-state index is 12.6. The van der Waals surface area contributed by atoms with Gasteiger partial charge in [-0.05, 0) is 61.6 Å². The standard InChI is InChI=1S/C19H19BrN2OS2/c1-12-10-13(2)17-16(11-12)22(8-9-24-3)19(25-17)21-18(23)14-4-6-15(20)7-5-14/h4-7,10-11H,8-9H2,1-3H3. The zero-order chi connectivity index (χ0) is 18.0. The molecule has 1 aromatic heterocycles. The van der Waals surface area contributed by atoms with Crippen LogP contribution in [0.1, 0.15) is 21.5 Å². The fraction of sp³-hybridized carbons (Fsp3) is 0.263. The van der Waals surface area contributed by atoms with E-state index in [0.29, 0.717) is 5.56 Å². The van der Waals surface area contributed by atoms with Gasteiger partial charge in [0.2, 0.25) is 0 Å². The van der Waals surface area contributed by atoms with E-state index in [4.69, 9.17) is 0 Å². The lowest BCUT2D eigenvalue weighted by atomic mass is 10.1. The molecular weight excluding hydrogens is 416 g/mol. The van der Waals surface area contributed by atoms with E-state index >= 15 is 0 Å². The van der Waals surface area contributed by atoms with Crippen molar-refractivity contribution in [2.75, 3.05) is 12.0 Å². The first-order chi connectivity index (χ1) is 12.0. The minimum Gasteiger partial charge on any atom is -0.315 e. The first-order valence-corrected chi connectivity index (χ1v) is 10.9. The minimum atomic E-state index is -0.202. The zero-order valence-corrected chi connectivity index (χ0v) is 17.6. The molecule has 0 aliphatic rings. The van der Waals surface area contributed by atoms with Gasteiger partial charge < -0.3 is 4.57 Å². The average molecular weight is 435 g/mol. The predicted octanol–water partition coefficient (Wildman–Crippen LogP) is 5.19. The molecule has 0 N–H and O–H groups in total. The number of halogens is 1. The molecule has 0 bridgehead atoms. The molecule has 0 saturated heterocycles. The monoisotopic (exact) mass is 434 g/mol. The van der Waals surface area contributed by atoms with Crippen molar-refractivity contribution in [1.29, 1.82) is 0 Å². The summed E-state index contributed by atoms with van der Waals surface area (Å²) < 4.78 is 4.33. The van der Waals surface area contributed by atoms with Gasteiger partial charge >= 0.3 is 0 Å². The van der Waals surface area contributed by atoms with E-state index in [-0.39, 0.29) is 5.91 Å². The SMILES string of the molecule is CSCCn1c(=NC(=O)c2ccc(Br)cc2)sc2c(C)cc(C)cc21. The van der Waals surface area contributed by atoms with E-state index in [2.05, 4.69) is 57.7 Å². The largest absolute Gasteiger partial charge is 0.315 e. The second-order valence-electron chi connectivity index (χ2n) is 5.88. The third kappa shape index (κ3) is 4.07. The predicted molar refractivity (Wildman–Crippen MR) is 112 cm³/mol. The van der Waals surface area contributed by atoms with Gasteiger partial charge in [0, 0.05) is 22.3 Å². The molecule has 3 rings (SSSR count). The van der Waals surface area contributed by atoms with Crippen LogP contribution in [0.3, 0.4) is 0 Å². The second kappa shape index (κ2) is 7.89. The molecule has 3 nitrogen and oxygen atoms in total. The number of carbonyl (C=O) groups is 1. The van der Waals surface area contributed by atoms with Crippen molar-refractivity contribution in [2.45, 2.75) is 20.4 Å². The van der Waals surface area contributed by atoms with E-state index < -0.39 is 0 Å². The molecule has 25 heavy (non-hydrogen) atoms. The number of fused-ring (bicyclic) bond motifs is 1. The fourth-order valence-corrected chi connectivity index (χ4v) is 4.47. The molecular formula is C19H19BrN2OS2. The summed E-state index contributed by atoms with van der Waals surface area (Å²) >= 11 is 6.78. The molecule has 0 aliphatic carbocycles. The Morgan fingerprint density at radius 3 is 2.64 bits per heavy atom. The van der Waals surface area contributed by atoms with Crippen LogP contribution in [0.5, 0.6) is 0 Å². The Kier molecular flexibility index (Phi) is 5.81. The Morgan fingerprint density at radius 2 is 1.96 bits per heavy atom. The summed E-state index contributed by atoms with van der Waals surface area (Å²) in [7, 11) is 0. The smallest absolute Gasteiger partial charge is 0.279 e. The van der Waals surface area contributed by atoms with Gasteiger partial charge in [0.05, 0.1) is 10.2 Å². The summed E-state index contributed by atoms with van der Waals surface area (Å²) in [6, 6.07) is 11.7. The van der Waals surface area contributed by atoms with Crippen LogP contribution in [0, 0.1) is 13.8 Å². The Bertz CT molecular complexity index is 987. The molecule has 0 fully saturated rings. The van der Waals surface area contributed by atoms with Crippen molar-refractivity contribution >= 4 is 55.2 Å². The number of carbonyl (C=O) groups excluding carboxylic acids is 1. The Labute approximate surface area is 163 Å². The zero-order valence-electron chi connectivity index (χ0n) is 14.4.